The fourth-order valence-corrected chi connectivity index (χ4v) is 4.38. The van der Waals surface area contributed by atoms with Crippen molar-refractivity contribution in [1.82, 2.24) is 9.88 Å². The van der Waals surface area contributed by atoms with Gasteiger partial charge in [0.1, 0.15) is 0 Å². The van der Waals surface area contributed by atoms with Gasteiger partial charge in [0.2, 0.25) is 0 Å². The Labute approximate surface area is 162 Å². The van der Waals surface area contributed by atoms with Gasteiger partial charge in [-0.2, -0.15) is 0 Å². The fourth-order valence-electron chi connectivity index (χ4n) is 4.38. The number of nitrogens with zero attached hydrogens (tertiary/aromatic N) is 1. The van der Waals surface area contributed by atoms with E-state index in [9.17, 15) is 9.90 Å². The highest BCUT2D eigenvalue weighted by molar-refractivity contribution is 5.91. The molecule has 1 fully saturated rings. The molecular weight excluding hydrogens is 336 g/mol. The van der Waals surface area contributed by atoms with Gasteiger partial charge in [-0.3, -0.25) is 0 Å². The summed E-state index contributed by atoms with van der Waals surface area (Å²) >= 11 is 0. The van der Waals surface area contributed by atoms with Crippen LogP contribution < -0.4 is 5.32 Å². The van der Waals surface area contributed by atoms with E-state index in [-0.39, 0.29) is 0 Å². The average Bonchev–Trinajstić information content (AvgIpc) is 2.88. The molecular formula is C23H32N2O2. The molecule has 1 saturated carbocycles. The summed E-state index contributed by atoms with van der Waals surface area (Å²) < 4.78 is 2.17. The summed E-state index contributed by atoms with van der Waals surface area (Å²) in [5, 5.41) is 13.5. The Balaban J connectivity index is 1.90. The third kappa shape index (κ3) is 4.27. The van der Waals surface area contributed by atoms with Gasteiger partial charge in [0.25, 0.3) is 0 Å². The van der Waals surface area contributed by atoms with Gasteiger partial charge in [-0.1, -0.05) is 43.0 Å². The molecule has 2 aromatic rings. The van der Waals surface area contributed by atoms with E-state index in [1.807, 2.05) is 6.92 Å². The second-order valence-corrected chi connectivity index (χ2v) is 8.06. The molecule has 3 rings (SSSR count). The van der Waals surface area contributed by atoms with E-state index in [0.29, 0.717) is 18.2 Å². The zero-order chi connectivity index (χ0) is 19.6. The fraction of sp³-hybridized carbons (Fsp3) is 0.522. The molecule has 0 bridgehead atoms. The van der Waals surface area contributed by atoms with Crippen LogP contribution in [-0.2, 0) is 13.1 Å². The smallest absolute Gasteiger partial charge is 0.337 e. The van der Waals surface area contributed by atoms with Crippen LogP contribution in [0.3, 0.4) is 0 Å². The van der Waals surface area contributed by atoms with Crippen molar-refractivity contribution in [3.63, 3.8) is 0 Å². The summed E-state index contributed by atoms with van der Waals surface area (Å²) in [7, 11) is 0. The SMILES string of the molecule is Cc1ccc(C)c(Cn2c(C)c(CNC3CCCCC3)c(C(=O)O)c2C)c1. The van der Waals surface area contributed by atoms with Gasteiger partial charge in [-0.15, -0.1) is 0 Å². The molecule has 0 saturated heterocycles. The highest BCUT2D eigenvalue weighted by Gasteiger charge is 2.24. The first kappa shape index (κ1) is 19.7. The largest absolute Gasteiger partial charge is 0.478 e. The third-order valence-corrected chi connectivity index (χ3v) is 6.13. The summed E-state index contributed by atoms with van der Waals surface area (Å²) in [6.07, 6.45) is 6.26. The molecule has 2 N–H and O–H groups in total. The van der Waals surface area contributed by atoms with E-state index >= 15 is 0 Å². The first-order valence-electron chi connectivity index (χ1n) is 10.1. The van der Waals surface area contributed by atoms with Gasteiger partial charge >= 0.3 is 5.97 Å². The first-order chi connectivity index (χ1) is 12.9. The van der Waals surface area contributed by atoms with Crippen molar-refractivity contribution in [3.8, 4) is 0 Å². The first-order valence-corrected chi connectivity index (χ1v) is 10.1. The van der Waals surface area contributed by atoms with Crippen LogP contribution in [-0.4, -0.2) is 21.7 Å². The number of aryl methyl sites for hydroxylation is 2. The molecule has 0 aliphatic heterocycles. The number of nitrogens with one attached hydrogen (secondary N) is 1. The van der Waals surface area contributed by atoms with Crippen molar-refractivity contribution in [1.29, 1.82) is 0 Å². The van der Waals surface area contributed by atoms with Crippen molar-refractivity contribution in [3.05, 3.63) is 57.4 Å². The van der Waals surface area contributed by atoms with Crippen molar-refractivity contribution < 1.29 is 9.90 Å². The minimum absolute atomic E-state index is 0.473. The molecule has 0 radical (unpaired) electrons. The topological polar surface area (TPSA) is 54.3 Å². The van der Waals surface area contributed by atoms with Crippen LogP contribution in [0.1, 0.15) is 76.1 Å². The van der Waals surface area contributed by atoms with E-state index in [0.717, 1.165) is 23.5 Å². The number of carboxylic acid groups (broad SMARTS) is 1. The zero-order valence-electron chi connectivity index (χ0n) is 17.1. The lowest BCUT2D eigenvalue weighted by Gasteiger charge is -2.23. The Hall–Kier alpha value is -2.07. The lowest BCUT2D eigenvalue weighted by Crippen LogP contribution is -2.31. The van der Waals surface area contributed by atoms with Gasteiger partial charge in [0, 0.05) is 36.1 Å². The number of benzene rings is 1. The van der Waals surface area contributed by atoms with Gasteiger partial charge < -0.3 is 15.0 Å². The lowest BCUT2D eigenvalue weighted by molar-refractivity contribution is 0.0694. The lowest BCUT2D eigenvalue weighted by atomic mass is 9.95. The Morgan fingerprint density at radius 1 is 1.11 bits per heavy atom. The van der Waals surface area contributed by atoms with Gasteiger partial charge in [0.05, 0.1) is 5.56 Å². The van der Waals surface area contributed by atoms with Crippen molar-refractivity contribution in [2.45, 2.75) is 78.9 Å². The van der Waals surface area contributed by atoms with Crippen LogP contribution in [0.2, 0.25) is 0 Å². The Kier molecular flexibility index (Phi) is 6.05. The Bertz CT molecular complexity index is 829. The molecule has 1 aliphatic carbocycles. The highest BCUT2D eigenvalue weighted by atomic mass is 16.4. The molecule has 0 spiro atoms. The predicted octanol–water partition coefficient (Wildman–Crippen LogP) is 4.89. The van der Waals surface area contributed by atoms with Gasteiger partial charge in [-0.05, 0) is 51.7 Å². The van der Waals surface area contributed by atoms with Crippen molar-refractivity contribution in [2.75, 3.05) is 0 Å². The molecule has 4 heteroatoms. The molecule has 0 unspecified atom stereocenters. The number of hydrogen-bond acceptors (Lipinski definition) is 2. The Morgan fingerprint density at radius 3 is 2.48 bits per heavy atom. The van der Waals surface area contributed by atoms with Crippen LogP contribution in [0.15, 0.2) is 18.2 Å². The number of aromatic nitrogens is 1. The van der Waals surface area contributed by atoms with Crippen LogP contribution >= 0.6 is 0 Å². The van der Waals surface area contributed by atoms with Gasteiger partial charge in [-0.25, -0.2) is 4.79 Å². The average molecular weight is 369 g/mol. The van der Waals surface area contributed by atoms with Crippen LogP contribution in [0.25, 0.3) is 0 Å². The van der Waals surface area contributed by atoms with E-state index in [1.54, 1.807) is 0 Å². The zero-order valence-corrected chi connectivity index (χ0v) is 17.1. The maximum absolute atomic E-state index is 12.0. The normalized spacial score (nSPS) is 15.3. The summed E-state index contributed by atoms with van der Waals surface area (Å²) in [4.78, 5) is 12.0. The highest BCUT2D eigenvalue weighted by Crippen LogP contribution is 2.26. The van der Waals surface area contributed by atoms with Gasteiger partial charge in [0.15, 0.2) is 0 Å². The molecule has 1 heterocycles. The maximum atomic E-state index is 12.0. The quantitative estimate of drug-likeness (QED) is 0.763. The minimum Gasteiger partial charge on any atom is -0.478 e. The summed E-state index contributed by atoms with van der Waals surface area (Å²) in [5.41, 5.74) is 7.05. The van der Waals surface area contributed by atoms with Crippen molar-refractivity contribution >= 4 is 5.97 Å². The summed E-state index contributed by atoms with van der Waals surface area (Å²) in [6, 6.07) is 6.98. The number of aromatic carboxylic acids is 1. The Morgan fingerprint density at radius 2 is 1.81 bits per heavy atom. The second-order valence-electron chi connectivity index (χ2n) is 8.06. The minimum atomic E-state index is -0.823. The molecule has 1 aromatic carbocycles. The van der Waals surface area contributed by atoms with Crippen molar-refractivity contribution in [2.24, 2.45) is 0 Å². The standard InChI is InChI=1S/C23H32N2O2/c1-15-10-11-16(2)19(12-15)14-25-17(3)21(22(18(25)4)23(26)27)13-24-20-8-6-5-7-9-20/h10-12,20,24H,5-9,13-14H2,1-4H3,(H,26,27). The monoisotopic (exact) mass is 368 g/mol. The predicted molar refractivity (Wildman–Crippen MR) is 110 cm³/mol. The van der Waals surface area contributed by atoms with Crippen LogP contribution in [0.5, 0.6) is 0 Å². The van der Waals surface area contributed by atoms with E-state index in [4.69, 9.17) is 0 Å². The number of carboxylic acids is 1. The molecule has 4 nitrogen and oxygen atoms in total. The molecule has 27 heavy (non-hydrogen) atoms. The molecule has 146 valence electrons. The van der Waals surface area contributed by atoms with Crippen LogP contribution in [0, 0.1) is 27.7 Å². The van der Waals surface area contributed by atoms with E-state index in [2.05, 4.69) is 48.9 Å². The van der Waals surface area contributed by atoms with E-state index < -0.39 is 5.97 Å². The van der Waals surface area contributed by atoms with E-state index in [1.165, 1.54) is 48.8 Å². The van der Waals surface area contributed by atoms with Crippen LogP contribution in [0.4, 0.5) is 0 Å². The maximum Gasteiger partial charge on any atom is 0.337 e. The number of hydrogen-bond donors (Lipinski definition) is 2. The number of rotatable bonds is 6. The summed E-state index contributed by atoms with van der Waals surface area (Å²) in [5.74, 6) is -0.823. The third-order valence-electron chi connectivity index (χ3n) is 6.13. The second kappa shape index (κ2) is 8.30. The molecule has 1 aromatic heterocycles. The molecule has 1 aliphatic rings. The number of carbonyl (C=O) groups is 1. The molecule has 0 amide bonds. The molecule has 0 atom stereocenters. The summed E-state index contributed by atoms with van der Waals surface area (Å²) in [6.45, 7) is 9.56.